The summed E-state index contributed by atoms with van der Waals surface area (Å²) < 4.78 is 0. The Morgan fingerprint density at radius 1 is 0.700 bits per heavy atom. The molecule has 0 heteroatoms. The van der Waals surface area contributed by atoms with Gasteiger partial charge in [-0.3, -0.25) is 0 Å². The Morgan fingerprint density at radius 3 is 2.00 bits per heavy atom. The molecule has 0 amide bonds. The number of hydrogen-bond donors (Lipinski definition) is 0. The summed E-state index contributed by atoms with van der Waals surface area (Å²) in [5.74, 6) is 0. The van der Waals surface area contributed by atoms with E-state index in [1.54, 1.807) is 0 Å². The molecular weight excluding hydrogens is 240 g/mol. The molecule has 0 nitrogen and oxygen atoms in total. The lowest BCUT2D eigenvalue weighted by molar-refractivity contribution is 1.70. The summed E-state index contributed by atoms with van der Waals surface area (Å²) in [7, 11) is 0. The van der Waals surface area contributed by atoms with E-state index in [0.717, 1.165) is 5.22 Å². The standard InChI is InChI=1S/C20H14/c1-3-15-16-11-5-8-14-9-6-12-18(20(14)16)17-10-4-7-13(2)19(15)17/h3-12H,1-2H2. The Balaban J connectivity index is 2.52. The first-order valence-electron chi connectivity index (χ1n) is 6.78. The molecule has 0 fully saturated rings. The Kier molecular flexibility index (Phi) is 2.22. The van der Waals surface area contributed by atoms with E-state index in [9.17, 15) is 0 Å². The summed E-state index contributed by atoms with van der Waals surface area (Å²) in [6, 6.07) is 19.3. The second-order valence-electron chi connectivity index (χ2n) is 5.17. The maximum Gasteiger partial charge on any atom is -0.00264 e. The molecular formula is C20H14. The lowest BCUT2D eigenvalue weighted by Gasteiger charge is -2.13. The van der Waals surface area contributed by atoms with Crippen LogP contribution in [0.4, 0.5) is 0 Å². The first kappa shape index (κ1) is 11.2. The highest BCUT2D eigenvalue weighted by Gasteiger charge is 2.11. The zero-order valence-corrected chi connectivity index (χ0v) is 11.2. The summed E-state index contributed by atoms with van der Waals surface area (Å²) in [5.41, 5.74) is 1.19. The highest BCUT2D eigenvalue weighted by Crippen LogP contribution is 2.35. The minimum atomic E-state index is 1.06. The van der Waals surface area contributed by atoms with Crippen LogP contribution >= 0.6 is 0 Å². The van der Waals surface area contributed by atoms with Crippen LogP contribution in [0.5, 0.6) is 0 Å². The molecule has 0 aromatic heterocycles. The first-order valence-corrected chi connectivity index (χ1v) is 6.78. The molecule has 0 bridgehead atoms. The number of benzene rings is 4. The molecule has 0 spiro atoms. The average molecular weight is 254 g/mol. The van der Waals surface area contributed by atoms with Crippen molar-refractivity contribution >= 4 is 45.0 Å². The molecule has 94 valence electrons. The van der Waals surface area contributed by atoms with Crippen LogP contribution in [-0.4, -0.2) is 0 Å². The van der Waals surface area contributed by atoms with Crippen molar-refractivity contribution < 1.29 is 0 Å². The van der Waals surface area contributed by atoms with Crippen molar-refractivity contribution in [1.82, 2.24) is 0 Å². The van der Waals surface area contributed by atoms with Crippen LogP contribution in [0.15, 0.2) is 61.2 Å². The predicted molar refractivity (Wildman–Crippen MR) is 89.8 cm³/mol. The molecule has 0 atom stereocenters. The van der Waals surface area contributed by atoms with Crippen LogP contribution in [0.1, 0.15) is 5.56 Å². The molecule has 4 aromatic carbocycles. The molecule has 0 radical (unpaired) electrons. The Hall–Kier alpha value is -2.60. The van der Waals surface area contributed by atoms with E-state index in [0.29, 0.717) is 0 Å². The summed E-state index contributed by atoms with van der Waals surface area (Å²) in [6.07, 6.45) is 1.96. The molecule has 0 aliphatic carbocycles. The Bertz CT molecular complexity index is 1020. The fourth-order valence-electron chi connectivity index (χ4n) is 3.28. The Labute approximate surface area is 117 Å². The van der Waals surface area contributed by atoms with E-state index < -0.39 is 0 Å². The third kappa shape index (κ3) is 1.31. The van der Waals surface area contributed by atoms with Gasteiger partial charge in [-0.05, 0) is 43.1 Å². The molecule has 4 rings (SSSR count). The van der Waals surface area contributed by atoms with Crippen LogP contribution in [0.3, 0.4) is 0 Å². The summed E-state index contributed by atoms with van der Waals surface area (Å²) in [5, 5.41) is 8.69. The summed E-state index contributed by atoms with van der Waals surface area (Å²) in [6.45, 7) is 8.22. The second kappa shape index (κ2) is 3.94. The van der Waals surface area contributed by atoms with Crippen LogP contribution < -0.4 is 5.22 Å². The lowest BCUT2D eigenvalue weighted by atomic mass is 9.90. The average Bonchev–Trinajstić information content (AvgIpc) is 2.49. The van der Waals surface area contributed by atoms with Crippen molar-refractivity contribution in [1.29, 1.82) is 0 Å². The first-order chi connectivity index (χ1) is 9.81. The van der Waals surface area contributed by atoms with Gasteiger partial charge in [0.25, 0.3) is 0 Å². The van der Waals surface area contributed by atoms with Gasteiger partial charge in [0.05, 0.1) is 0 Å². The van der Waals surface area contributed by atoms with Crippen LogP contribution in [0, 0.1) is 0 Å². The van der Waals surface area contributed by atoms with Gasteiger partial charge in [-0.2, -0.15) is 0 Å². The van der Waals surface area contributed by atoms with Crippen molar-refractivity contribution in [3.8, 4) is 0 Å². The molecule has 4 aromatic rings. The predicted octanol–water partition coefficient (Wildman–Crippen LogP) is 4.92. The molecule has 0 saturated carbocycles. The number of fused-ring (bicyclic) bond motifs is 2. The van der Waals surface area contributed by atoms with Gasteiger partial charge in [0, 0.05) is 0 Å². The van der Waals surface area contributed by atoms with E-state index in [4.69, 9.17) is 0 Å². The summed E-state index contributed by atoms with van der Waals surface area (Å²) in [4.78, 5) is 0. The monoisotopic (exact) mass is 254 g/mol. The zero-order chi connectivity index (χ0) is 13.7. The van der Waals surface area contributed by atoms with Gasteiger partial charge in [-0.15, -0.1) is 0 Å². The fourth-order valence-corrected chi connectivity index (χ4v) is 3.28. The SMILES string of the molecule is C=Cc1c2cccc3cccc(c4cccc(=C)c14)c32. The van der Waals surface area contributed by atoms with Gasteiger partial charge in [0.1, 0.15) is 0 Å². The van der Waals surface area contributed by atoms with Gasteiger partial charge in [0.2, 0.25) is 0 Å². The molecule has 20 heavy (non-hydrogen) atoms. The van der Waals surface area contributed by atoms with E-state index in [1.807, 2.05) is 6.08 Å². The van der Waals surface area contributed by atoms with Crippen molar-refractivity contribution in [3.63, 3.8) is 0 Å². The third-order valence-electron chi connectivity index (χ3n) is 4.11. The Morgan fingerprint density at radius 2 is 1.30 bits per heavy atom. The highest BCUT2D eigenvalue weighted by molar-refractivity contribution is 6.24. The van der Waals surface area contributed by atoms with Gasteiger partial charge >= 0.3 is 0 Å². The van der Waals surface area contributed by atoms with E-state index in [2.05, 4.69) is 67.8 Å². The molecule has 0 saturated heterocycles. The summed E-state index contributed by atoms with van der Waals surface area (Å²) >= 11 is 0. The number of hydrogen-bond acceptors (Lipinski definition) is 0. The van der Waals surface area contributed by atoms with Crippen molar-refractivity contribution in [3.05, 3.63) is 72.0 Å². The maximum atomic E-state index is 4.20. The smallest absolute Gasteiger partial charge is 0.00264 e. The minimum absolute atomic E-state index is 1.06. The molecule has 0 unspecified atom stereocenters. The van der Waals surface area contributed by atoms with Gasteiger partial charge in [-0.25, -0.2) is 0 Å². The molecule has 0 N–H and O–H groups in total. The molecule has 0 aliphatic rings. The van der Waals surface area contributed by atoms with Gasteiger partial charge in [-0.1, -0.05) is 73.8 Å². The quantitative estimate of drug-likeness (QED) is 0.334. The van der Waals surface area contributed by atoms with Crippen molar-refractivity contribution in [2.24, 2.45) is 0 Å². The van der Waals surface area contributed by atoms with Gasteiger partial charge < -0.3 is 0 Å². The van der Waals surface area contributed by atoms with E-state index in [-0.39, 0.29) is 0 Å². The fraction of sp³-hybridized carbons (Fsp3) is 0. The van der Waals surface area contributed by atoms with Crippen LogP contribution in [0.25, 0.3) is 45.0 Å². The van der Waals surface area contributed by atoms with E-state index in [1.165, 1.54) is 37.9 Å². The minimum Gasteiger partial charge on any atom is -0.0984 e. The topological polar surface area (TPSA) is 0 Å². The normalized spacial score (nSPS) is 11.4. The number of rotatable bonds is 1. The second-order valence-corrected chi connectivity index (χ2v) is 5.17. The zero-order valence-electron chi connectivity index (χ0n) is 11.2. The maximum absolute atomic E-state index is 4.20. The third-order valence-corrected chi connectivity index (χ3v) is 4.11. The van der Waals surface area contributed by atoms with Gasteiger partial charge in [0.15, 0.2) is 0 Å². The molecule has 0 aliphatic heterocycles. The van der Waals surface area contributed by atoms with Crippen LogP contribution in [-0.2, 0) is 0 Å². The van der Waals surface area contributed by atoms with Crippen molar-refractivity contribution in [2.45, 2.75) is 0 Å². The molecule has 0 heterocycles. The van der Waals surface area contributed by atoms with Crippen LogP contribution in [0.2, 0.25) is 0 Å². The lowest BCUT2D eigenvalue weighted by Crippen LogP contribution is -2.01. The largest absolute Gasteiger partial charge is 0.0984 e. The highest BCUT2D eigenvalue weighted by atomic mass is 14.1. The van der Waals surface area contributed by atoms with Crippen molar-refractivity contribution in [2.75, 3.05) is 0 Å². The van der Waals surface area contributed by atoms with E-state index >= 15 is 0 Å².